The quantitative estimate of drug-likeness (QED) is 0.655. The number of aromatic nitrogens is 3. The standard InChI is InChI=1S/C8H15N5/c9-4-8-6-11-12-13(8)7-2-1-3-10-5-7/h6-7,10H,1-5,9H2. The molecular formula is C8H15N5. The van der Waals surface area contributed by atoms with Gasteiger partial charge in [-0.05, 0) is 19.4 Å². The molecule has 2 rings (SSSR count). The summed E-state index contributed by atoms with van der Waals surface area (Å²) in [7, 11) is 0. The van der Waals surface area contributed by atoms with Crippen molar-refractivity contribution in [3.05, 3.63) is 11.9 Å². The maximum Gasteiger partial charge on any atom is 0.0738 e. The molecule has 0 bridgehead atoms. The molecule has 0 aromatic carbocycles. The maximum absolute atomic E-state index is 5.58. The molecule has 3 N–H and O–H groups in total. The maximum atomic E-state index is 5.58. The van der Waals surface area contributed by atoms with Gasteiger partial charge in [0.15, 0.2) is 0 Å². The summed E-state index contributed by atoms with van der Waals surface area (Å²) in [6.07, 6.45) is 4.12. The van der Waals surface area contributed by atoms with Gasteiger partial charge in [0.05, 0.1) is 17.9 Å². The van der Waals surface area contributed by atoms with E-state index >= 15 is 0 Å². The Morgan fingerprint density at radius 2 is 2.62 bits per heavy atom. The molecule has 0 radical (unpaired) electrons. The molecule has 1 saturated heterocycles. The van der Waals surface area contributed by atoms with Gasteiger partial charge in [-0.15, -0.1) is 5.10 Å². The highest BCUT2D eigenvalue weighted by molar-refractivity contribution is 4.95. The van der Waals surface area contributed by atoms with Crippen LogP contribution in [0.3, 0.4) is 0 Å². The summed E-state index contributed by atoms with van der Waals surface area (Å²) < 4.78 is 1.95. The Kier molecular flexibility index (Phi) is 2.56. The second-order valence-electron chi connectivity index (χ2n) is 3.37. The minimum absolute atomic E-state index is 0.440. The van der Waals surface area contributed by atoms with Crippen LogP contribution in [-0.2, 0) is 6.54 Å². The molecule has 0 aliphatic carbocycles. The van der Waals surface area contributed by atoms with Crippen molar-refractivity contribution in [2.45, 2.75) is 25.4 Å². The van der Waals surface area contributed by atoms with Crippen LogP contribution in [0, 0.1) is 0 Å². The molecule has 2 heterocycles. The third-order valence-electron chi connectivity index (χ3n) is 2.47. The van der Waals surface area contributed by atoms with Gasteiger partial charge in [-0.1, -0.05) is 5.21 Å². The molecular weight excluding hydrogens is 166 g/mol. The number of rotatable bonds is 2. The van der Waals surface area contributed by atoms with Gasteiger partial charge in [0.2, 0.25) is 0 Å². The number of hydrogen-bond acceptors (Lipinski definition) is 4. The van der Waals surface area contributed by atoms with Gasteiger partial charge in [-0.25, -0.2) is 4.68 Å². The Labute approximate surface area is 77.3 Å². The predicted octanol–water partition coefficient (Wildman–Crippen LogP) is -0.339. The molecule has 1 aromatic rings. The molecule has 1 atom stereocenters. The average molecular weight is 181 g/mol. The zero-order chi connectivity index (χ0) is 9.10. The van der Waals surface area contributed by atoms with Crippen molar-refractivity contribution in [1.29, 1.82) is 0 Å². The van der Waals surface area contributed by atoms with E-state index in [-0.39, 0.29) is 0 Å². The van der Waals surface area contributed by atoms with Gasteiger partial charge >= 0.3 is 0 Å². The van der Waals surface area contributed by atoms with E-state index < -0.39 is 0 Å². The average Bonchev–Trinajstić information content (AvgIpc) is 2.67. The first kappa shape index (κ1) is 8.65. The molecule has 5 nitrogen and oxygen atoms in total. The summed E-state index contributed by atoms with van der Waals surface area (Å²) >= 11 is 0. The first-order valence-corrected chi connectivity index (χ1v) is 4.71. The van der Waals surface area contributed by atoms with E-state index in [9.17, 15) is 0 Å². The van der Waals surface area contributed by atoms with Gasteiger partial charge in [0.1, 0.15) is 0 Å². The fourth-order valence-electron chi connectivity index (χ4n) is 1.76. The van der Waals surface area contributed by atoms with E-state index in [2.05, 4.69) is 15.6 Å². The number of piperidine rings is 1. The topological polar surface area (TPSA) is 68.8 Å². The molecule has 0 spiro atoms. The zero-order valence-corrected chi connectivity index (χ0v) is 7.61. The van der Waals surface area contributed by atoms with Crippen LogP contribution in [0.2, 0.25) is 0 Å². The van der Waals surface area contributed by atoms with Crippen LogP contribution in [0.5, 0.6) is 0 Å². The van der Waals surface area contributed by atoms with Gasteiger partial charge in [-0.3, -0.25) is 0 Å². The Morgan fingerprint density at radius 3 is 3.31 bits per heavy atom. The van der Waals surface area contributed by atoms with Crippen LogP contribution in [0.25, 0.3) is 0 Å². The largest absolute Gasteiger partial charge is 0.325 e. The first-order valence-electron chi connectivity index (χ1n) is 4.71. The van der Waals surface area contributed by atoms with Crippen LogP contribution in [0.4, 0.5) is 0 Å². The minimum Gasteiger partial charge on any atom is -0.325 e. The second-order valence-corrected chi connectivity index (χ2v) is 3.37. The number of nitrogens with two attached hydrogens (primary N) is 1. The summed E-state index contributed by atoms with van der Waals surface area (Å²) in [6.45, 7) is 2.61. The van der Waals surface area contributed by atoms with Crippen molar-refractivity contribution in [1.82, 2.24) is 20.3 Å². The molecule has 0 amide bonds. The van der Waals surface area contributed by atoms with Crippen LogP contribution in [0.15, 0.2) is 6.20 Å². The lowest BCUT2D eigenvalue weighted by Crippen LogP contribution is -2.33. The van der Waals surface area contributed by atoms with Crippen molar-refractivity contribution in [2.75, 3.05) is 13.1 Å². The highest BCUT2D eigenvalue weighted by Gasteiger charge is 2.17. The zero-order valence-electron chi connectivity index (χ0n) is 7.61. The van der Waals surface area contributed by atoms with Crippen molar-refractivity contribution < 1.29 is 0 Å². The first-order chi connectivity index (χ1) is 6.42. The van der Waals surface area contributed by atoms with Gasteiger partial charge in [0, 0.05) is 13.1 Å². The summed E-state index contributed by atoms with van der Waals surface area (Å²) in [6, 6.07) is 0.440. The van der Waals surface area contributed by atoms with Crippen LogP contribution < -0.4 is 11.1 Å². The summed E-state index contributed by atoms with van der Waals surface area (Å²) in [5.41, 5.74) is 6.60. The lowest BCUT2D eigenvalue weighted by atomic mass is 10.1. The lowest BCUT2D eigenvalue weighted by molar-refractivity contribution is 0.334. The molecule has 1 aliphatic rings. The molecule has 1 aliphatic heterocycles. The van der Waals surface area contributed by atoms with Gasteiger partial charge in [-0.2, -0.15) is 0 Å². The number of nitrogens with zero attached hydrogens (tertiary/aromatic N) is 3. The molecule has 5 heteroatoms. The Bertz CT molecular complexity index is 263. The summed E-state index contributed by atoms with van der Waals surface area (Å²) in [5, 5.41) is 11.3. The Morgan fingerprint density at radius 1 is 1.69 bits per heavy atom. The Balaban J connectivity index is 2.13. The van der Waals surface area contributed by atoms with Gasteiger partial charge < -0.3 is 11.1 Å². The van der Waals surface area contributed by atoms with Crippen molar-refractivity contribution in [2.24, 2.45) is 5.73 Å². The van der Waals surface area contributed by atoms with E-state index in [1.54, 1.807) is 6.20 Å². The number of hydrogen-bond donors (Lipinski definition) is 2. The minimum atomic E-state index is 0.440. The van der Waals surface area contributed by atoms with E-state index in [1.165, 1.54) is 12.8 Å². The molecule has 1 aromatic heterocycles. The molecule has 1 fully saturated rings. The normalized spacial score (nSPS) is 23.3. The lowest BCUT2D eigenvalue weighted by Gasteiger charge is -2.23. The highest BCUT2D eigenvalue weighted by atomic mass is 15.4. The monoisotopic (exact) mass is 181 g/mol. The predicted molar refractivity (Wildman–Crippen MR) is 49.1 cm³/mol. The van der Waals surface area contributed by atoms with Crippen LogP contribution in [0.1, 0.15) is 24.6 Å². The van der Waals surface area contributed by atoms with Crippen molar-refractivity contribution in [3.8, 4) is 0 Å². The Hall–Kier alpha value is -0.940. The number of nitrogens with one attached hydrogen (secondary N) is 1. The molecule has 13 heavy (non-hydrogen) atoms. The molecule has 0 saturated carbocycles. The SMILES string of the molecule is NCc1cnnn1C1CCCNC1. The summed E-state index contributed by atoms with van der Waals surface area (Å²) in [4.78, 5) is 0. The van der Waals surface area contributed by atoms with Crippen LogP contribution in [-0.4, -0.2) is 28.1 Å². The van der Waals surface area contributed by atoms with E-state index in [0.29, 0.717) is 12.6 Å². The summed E-state index contributed by atoms with van der Waals surface area (Å²) in [5.74, 6) is 0. The highest BCUT2D eigenvalue weighted by Crippen LogP contribution is 2.16. The van der Waals surface area contributed by atoms with E-state index in [0.717, 1.165) is 18.8 Å². The fraction of sp³-hybridized carbons (Fsp3) is 0.750. The molecule has 72 valence electrons. The molecule has 1 unspecified atom stereocenters. The van der Waals surface area contributed by atoms with E-state index in [1.807, 2.05) is 4.68 Å². The third-order valence-corrected chi connectivity index (χ3v) is 2.47. The van der Waals surface area contributed by atoms with Gasteiger partial charge in [0.25, 0.3) is 0 Å². The second kappa shape index (κ2) is 3.85. The van der Waals surface area contributed by atoms with Crippen molar-refractivity contribution in [3.63, 3.8) is 0 Å². The van der Waals surface area contributed by atoms with Crippen molar-refractivity contribution >= 4 is 0 Å². The van der Waals surface area contributed by atoms with E-state index in [4.69, 9.17) is 5.73 Å². The smallest absolute Gasteiger partial charge is 0.0738 e. The fourth-order valence-corrected chi connectivity index (χ4v) is 1.76. The third kappa shape index (κ3) is 1.71. The van der Waals surface area contributed by atoms with Crippen LogP contribution >= 0.6 is 0 Å².